The summed E-state index contributed by atoms with van der Waals surface area (Å²) >= 11 is 0. The van der Waals surface area contributed by atoms with Crippen molar-refractivity contribution in [1.29, 1.82) is 0 Å². The molecule has 1 aromatic carbocycles. The lowest BCUT2D eigenvalue weighted by atomic mass is 9.96. The first-order valence-corrected chi connectivity index (χ1v) is 10.4. The van der Waals surface area contributed by atoms with Crippen molar-refractivity contribution in [3.05, 3.63) is 30.5 Å². The summed E-state index contributed by atoms with van der Waals surface area (Å²) in [5.41, 5.74) is 0.634. The third kappa shape index (κ3) is 5.68. The standard InChI is InChI=1S/C23H34N2O3/c1-6-8-9-14-23(5,27-16-7-2)22(26)25-19-12-13-20(28-17(3)4)21-18(19)11-10-15-24-21/h10-13,15,17H,6-9,14,16H2,1-5H3,(H,25,26)/t23-/m0/s1. The van der Waals surface area contributed by atoms with Crippen molar-refractivity contribution in [3.63, 3.8) is 0 Å². The fraction of sp³-hybridized carbons (Fsp3) is 0.565. The number of nitrogens with zero attached hydrogens (tertiary/aromatic N) is 1. The number of carbonyl (C=O) groups excluding carboxylic acids is 1. The van der Waals surface area contributed by atoms with E-state index in [1.165, 1.54) is 0 Å². The van der Waals surface area contributed by atoms with Gasteiger partial charge < -0.3 is 14.8 Å². The first-order chi connectivity index (χ1) is 13.4. The molecule has 2 rings (SSSR count). The number of amides is 1. The van der Waals surface area contributed by atoms with E-state index in [-0.39, 0.29) is 12.0 Å². The molecule has 0 aliphatic heterocycles. The molecule has 5 nitrogen and oxygen atoms in total. The number of aromatic nitrogens is 1. The molecule has 1 N–H and O–H groups in total. The highest BCUT2D eigenvalue weighted by atomic mass is 16.5. The SMILES string of the molecule is CCCCC[C@](C)(OCCC)C(=O)Nc1ccc(OC(C)C)c2ncccc12. The van der Waals surface area contributed by atoms with E-state index >= 15 is 0 Å². The fourth-order valence-electron chi connectivity index (χ4n) is 3.15. The van der Waals surface area contributed by atoms with Crippen LogP contribution in [0.3, 0.4) is 0 Å². The van der Waals surface area contributed by atoms with Crippen LogP contribution in [0.4, 0.5) is 5.69 Å². The predicted octanol–water partition coefficient (Wildman–Crippen LogP) is 5.73. The summed E-state index contributed by atoms with van der Waals surface area (Å²) in [6.07, 6.45) is 6.54. The summed E-state index contributed by atoms with van der Waals surface area (Å²) in [6, 6.07) is 7.57. The number of anilines is 1. The summed E-state index contributed by atoms with van der Waals surface area (Å²) in [5, 5.41) is 3.94. The minimum atomic E-state index is -0.840. The number of fused-ring (bicyclic) bond motifs is 1. The zero-order valence-electron chi connectivity index (χ0n) is 17.9. The molecule has 0 saturated carbocycles. The van der Waals surface area contributed by atoms with Gasteiger partial charge in [0.15, 0.2) is 0 Å². The highest BCUT2D eigenvalue weighted by molar-refractivity contribution is 6.05. The average Bonchev–Trinajstić information content (AvgIpc) is 2.68. The van der Waals surface area contributed by atoms with Gasteiger partial charge in [0.25, 0.3) is 5.91 Å². The van der Waals surface area contributed by atoms with Crippen LogP contribution in [0, 0.1) is 0 Å². The second kappa shape index (κ2) is 10.4. The van der Waals surface area contributed by atoms with Crippen molar-refractivity contribution in [2.75, 3.05) is 11.9 Å². The quantitative estimate of drug-likeness (QED) is 0.501. The van der Waals surface area contributed by atoms with Gasteiger partial charge in [-0.05, 0) is 57.9 Å². The number of hydrogen-bond acceptors (Lipinski definition) is 4. The van der Waals surface area contributed by atoms with E-state index in [9.17, 15) is 4.79 Å². The summed E-state index contributed by atoms with van der Waals surface area (Å²) < 4.78 is 11.9. The maximum absolute atomic E-state index is 13.2. The maximum atomic E-state index is 13.2. The second-order valence-electron chi connectivity index (χ2n) is 7.67. The van der Waals surface area contributed by atoms with Crippen LogP contribution in [0.15, 0.2) is 30.5 Å². The fourth-order valence-corrected chi connectivity index (χ4v) is 3.15. The molecule has 1 aromatic heterocycles. The molecule has 0 fully saturated rings. The van der Waals surface area contributed by atoms with Crippen LogP contribution < -0.4 is 10.1 Å². The van der Waals surface area contributed by atoms with Gasteiger partial charge in [-0.3, -0.25) is 9.78 Å². The summed E-state index contributed by atoms with van der Waals surface area (Å²) in [4.78, 5) is 17.6. The molecule has 1 heterocycles. The zero-order valence-corrected chi connectivity index (χ0v) is 17.9. The topological polar surface area (TPSA) is 60.5 Å². The minimum Gasteiger partial charge on any atom is -0.489 e. The number of benzene rings is 1. The number of ether oxygens (including phenoxy) is 2. The van der Waals surface area contributed by atoms with Crippen LogP contribution in [0.5, 0.6) is 5.75 Å². The Balaban J connectivity index is 2.29. The summed E-state index contributed by atoms with van der Waals surface area (Å²) in [5.74, 6) is 0.608. The van der Waals surface area contributed by atoms with Crippen LogP contribution in [0.2, 0.25) is 0 Å². The number of nitrogens with one attached hydrogen (secondary N) is 1. The molecule has 28 heavy (non-hydrogen) atoms. The van der Waals surface area contributed by atoms with E-state index in [0.29, 0.717) is 13.0 Å². The Bertz CT molecular complexity index is 776. The smallest absolute Gasteiger partial charge is 0.256 e. The van der Waals surface area contributed by atoms with Crippen molar-refractivity contribution in [3.8, 4) is 5.75 Å². The lowest BCUT2D eigenvalue weighted by Crippen LogP contribution is -2.43. The monoisotopic (exact) mass is 386 g/mol. The molecule has 0 unspecified atom stereocenters. The Labute approximate surface area is 168 Å². The maximum Gasteiger partial charge on any atom is 0.256 e. The molecule has 0 spiro atoms. The Kier molecular flexibility index (Phi) is 8.24. The lowest BCUT2D eigenvalue weighted by molar-refractivity contribution is -0.140. The number of hydrogen-bond donors (Lipinski definition) is 1. The van der Waals surface area contributed by atoms with Gasteiger partial charge in [-0.15, -0.1) is 0 Å². The van der Waals surface area contributed by atoms with Gasteiger partial charge in [-0.2, -0.15) is 0 Å². The Hall–Kier alpha value is -2.14. The number of pyridine rings is 1. The largest absolute Gasteiger partial charge is 0.489 e. The molecule has 5 heteroatoms. The van der Waals surface area contributed by atoms with Gasteiger partial charge >= 0.3 is 0 Å². The van der Waals surface area contributed by atoms with E-state index in [1.54, 1.807) is 6.20 Å². The third-order valence-electron chi connectivity index (χ3n) is 4.71. The highest BCUT2D eigenvalue weighted by Crippen LogP contribution is 2.32. The van der Waals surface area contributed by atoms with Crippen molar-refractivity contribution in [2.24, 2.45) is 0 Å². The molecule has 1 amide bonds. The van der Waals surface area contributed by atoms with Crippen LogP contribution in [0.1, 0.15) is 66.7 Å². The van der Waals surface area contributed by atoms with Crippen LogP contribution in [0.25, 0.3) is 10.9 Å². The van der Waals surface area contributed by atoms with Crippen LogP contribution in [-0.2, 0) is 9.53 Å². The molecule has 0 bridgehead atoms. The summed E-state index contributed by atoms with van der Waals surface area (Å²) in [7, 11) is 0. The summed E-state index contributed by atoms with van der Waals surface area (Å²) in [6.45, 7) is 10.6. The first kappa shape index (κ1) is 22.2. The van der Waals surface area contributed by atoms with E-state index in [2.05, 4.69) is 24.1 Å². The number of carbonyl (C=O) groups is 1. The van der Waals surface area contributed by atoms with E-state index in [0.717, 1.165) is 48.0 Å². The van der Waals surface area contributed by atoms with Crippen LogP contribution >= 0.6 is 0 Å². The molecular weight excluding hydrogens is 352 g/mol. The molecule has 154 valence electrons. The molecule has 0 saturated heterocycles. The first-order valence-electron chi connectivity index (χ1n) is 10.4. The van der Waals surface area contributed by atoms with Crippen LogP contribution in [-0.4, -0.2) is 29.2 Å². The predicted molar refractivity (Wildman–Crippen MR) is 115 cm³/mol. The molecule has 1 atom stereocenters. The molecule has 0 radical (unpaired) electrons. The average molecular weight is 387 g/mol. The molecule has 2 aromatic rings. The van der Waals surface area contributed by atoms with E-state index in [1.807, 2.05) is 45.0 Å². The van der Waals surface area contributed by atoms with Gasteiger partial charge in [-0.25, -0.2) is 0 Å². The van der Waals surface area contributed by atoms with Crippen molar-refractivity contribution >= 4 is 22.5 Å². The van der Waals surface area contributed by atoms with Crippen molar-refractivity contribution in [2.45, 2.75) is 78.4 Å². The molecular formula is C23H34N2O3. The lowest BCUT2D eigenvalue weighted by Gasteiger charge is -2.29. The van der Waals surface area contributed by atoms with Gasteiger partial charge in [-0.1, -0.05) is 33.1 Å². The van der Waals surface area contributed by atoms with Gasteiger partial charge in [0.05, 0.1) is 11.8 Å². The van der Waals surface area contributed by atoms with Gasteiger partial charge in [0.2, 0.25) is 0 Å². The molecule has 0 aliphatic carbocycles. The molecule has 0 aliphatic rings. The normalized spacial score (nSPS) is 13.5. The second-order valence-corrected chi connectivity index (χ2v) is 7.67. The van der Waals surface area contributed by atoms with E-state index in [4.69, 9.17) is 9.47 Å². The third-order valence-corrected chi connectivity index (χ3v) is 4.71. The Morgan fingerprint density at radius 1 is 1.18 bits per heavy atom. The zero-order chi connectivity index (χ0) is 20.6. The van der Waals surface area contributed by atoms with Crippen molar-refractivity contribution in [1.82, 2.24) is 4.98 Å². The Morgan fingerprint density at radius 3 is 2.64 bits per heavy atom. The van der Waals surface area contributed by atoms with Gasteiger partial charge in [0.1, 0.15) is 16.9 Å². The number of rotatable bonds is 11. The van der Waals surface area contributed by atoms with E-state index < -0.39 is 5.60 Å². The van der Waals surface area contributed by atoms with Crippen molar-refractivity contribution < 1.29 is 14.3 Å². The van der Waals surface area contributed by atoms with Gasteiger partial charge in [0, 0.05) is 18.2 Å². The Morgan fingerprint density at radius 2 is 1.96 bits per heavy atom. The minimum absolute atomic E-state index is 0.0509. The highest BCUT2D eigenvalue weighted by Gasteiger charge is 2.34. The number of unbranched alkanes of at least 4 members (excludes halogenated alkanes) is 2.